The third kappa shape index (κ3) is 4.00. The largest absolute Gasteiger partial charge is 0.479 e. The second kappa shape index (κ2) is 6.26. The van der Waals surface area contributed by atoms with E-state index in [1.165, 1.54) is 0 Å². The fraction of sp³-hybridized carbons (Fsp3) is 0.308. The van der Waals surface area contributed by atoms with Crippen LogP contribution in [0.5, 0.6) is 5.88 Å². The van der Waals surface area contributed by atoms with Gasteiger partial charge in [0, 0.05) is 0 Å². The lowest BCUT2D eigenvalue weighted by molar-refractivity contribution is -0.143. The van der Waals surface area contributed by atoms with Gasteiger partial charge < -0.3 is 9.84 Å². The molecule has 2 rings (SSSR count). The molecule has 12 heteroatoms. The van der Waals surface area contributed by atoms with Gasteiger partial charge in [-0.3, -0.25) is 0 Å². The Bertz CT molecular complexity index is 765. The summed E-state index contributed by atoms with van der Waals surface area (Å²) < 4.78 is 82.5. The zero-order valence-corrected chi connectivity index (χ0v) is 12.3. The minimum Gasteiger partial charge on any atom is -0.479 e. The number of halogens is 6. The summed E-state index contributed by atoms with van der Waals surface area (Å²) in [5.74, 6) is -1.92. The van der Waals surface area contributed by atoms with Crippen LogP contribution in [0.1, 0.15) is 27.2 Å². The van der Waals surface area contributed by atoms with Gasteiger partial charge in [-0.1, -0.05) is 5.21 Å². The number of nitrogens with zero attached hydrogens (tertiary/aromatic N) is 3. The summed E-state index contributed by atoms with van der Waals surface area (Å²) in [6.07, 6.45) is -9.98. The van der Waals surface area contributed by atoms with E-state index in [9.17, 15) is 31.1 Å². The van der Waals surface area contributed by atoms with Crippen LogP contribution in [0, 0.1) is 0 Å². The van der Waals surface area contributed by atoms with Crippen LogP contribution in [0.25, 0.3) is 0 Å². The first-order chi connectivity index (χ1) is 11.4. The van der Waals surface area contributed by atoms with E-state index in [0.717, 1.165) is 11.8 Å². The zero-order chi connectivity index (χ0) is 19.0. The Balaban J connectivity index is 2.51. The van der Waals surface area contributed by atoms with Crippen molar-refractivity contribution < 1.29 is 41.0 Å². The topological polar surface area (TPSA) is 77.2 Å². The van der Waals surface area contributed by atoms with Gasteiger partial charge in [0.05, 0.1) is 24.8 Å². The fourth-order valence-corrected chi connectivity index (χ4v) is 2.03. The molecule has 0 fully saturated rings. The van der Waals surface area contributed by atoms with E-state index >= 15 is 0 Å². The van der Waals surface area contributed by atoms with E-state index in [0.29, 0.717) is 12.1 Å². The number of aromatic nitrogens is 3. The Hall–Kier alpha value is -2.79. The molecule has 6 nitrogen and oxygen atoms in total. The average molecular weight is 369 g/mol. The number of carboxylic acids is 1. The van der Waals surface area contributed by atoms with Crippen LogP contribution in [-0.4, -0.2) is 33.2 Å². The molecular weight excluding hydrogens is 360 g/mol. The summed E-state index contributed by atoms with van der Waals surface area (Å²) in [6, 6.07) is 1.01. The van der Waals surface area contributed by atoms with E-state index in [1.54, 1.807) is 0 Å². The van der Waals surface area contributed by atoms with Crippen LogP contribution in [0.4, 0.5) is 26.3 Å². The van der Waals surface area contributed by atoms with Gasteiger partial charge in [-0.05, 0) is 23.8 Å². The lowest BCUT2D eigenvalue weighted by Crippen LogP contribution is -2.13. The number of methoxy groups -OCH3 is 1. The van der Waals surface area contributed by atoms with Gasteiger partial charge in [0.15, 0.2) is 0 Å². The third-order valence-electron chi connectivity index (χ3n) is 3.07. The molecule has 1 aromatic heterocycles. The molecule has 0 aliphatic heterocycles. The predicted molar refractivity (Wildman–Crippen MR) is 69.1 cm³/mol. The van der Waals surface area contributed by atoms with E-state index < -0.39 is 53.1 Å². The first-order valence-electron chi connectivity index (χ1n) is 6.42. The van der Waals surface area contributed by atoms with Gasteiger partial charge >= 0.3 is 18.3 Å². The second-order valence-electron chi connectivity index (χ2n) is 4.82. The van der Waals surface area contributed by atoms with Crippen molar-refractivity contribution in [3.8, 4) is 5.88 Å². The molecule has 1 aromatic carbocycles. The fourth-order valence-electron chi connectivity index (χ4n) is 2.03. The molecule has 0 amide bonds. The number of carboxylic acid groups (broad SMARTS) is 1. The number of alkyl halides is 6. The first-order valence-corrected chi connectivity index (χ1v) is 6.42. The summed E-state index contributed by atoms with van der Waals surface area (Å²) >= 11 is 0. The molecule has 1 heterocycles. The highest BCUT2D eigenvalue weighted by Gasteiger charge is 2.37. The molecule has 0 saturated carbocycles. The Morgan fingerprint density at radius 2 is 1.64 bits per heavy atom. The normalized spacial score (nSPS) is 12.3. The zero-order valence-electron chi connectivity index (χ0n) is 12.3. The van der Waals surface area contributed by atoms with Crippen molar-refractivity contribution in [3.63, 3.8) is 0 Å². The maximum Gasteiger partial charge on any atom is 0.416 e. The minimum atomic E-state index is -4.99. The molecule has 2 aromatic rings. The van der Waals surface area contributed by atoms with Crippen molar-refractivity contribution in [3.05, 3.63) is 40.6 Å². The summed E-state index contributed by atoms with van der Waals surface area (Å²) in [5, 5.41) is 15.5. The van der Waals surface area contributed by atoms with Gasteiger partial charge in [0.1, 0.15) is 0 Å². The third-order valence-corrected chi connectivity index (χ3v) is 3.07. The number of hydrogen-bond donors (Lipinski definition) is 1. The molecule has 136 valence electrons. The van der Waals surface area contributed by atoms with Gasteiger partial charge in [0.2, 0.25) is 11.6 Å². The molecule has 0 unspecified atom stereocenters. The number of ether oxygens (including phenoxy) is 1. The predicted octanol–water partition coefficient (Wildman–Crippen LogP) is 3.07. The SMILES string of the molecule is COc1c(C(=O)O)nnn1Cc1cc(C(F)(F)F)cc(C(F)(F)F)c1. The van der Waals surface area contributed by atoms with Gasteiger partial charge in [-0.25, -0.2) is 9.48 Å². The average Bonchev–Trinajstić information content (AvgIpc) is 2.88. The number of aromatic carboxylic acids is 1. The lowest BCUT2D eigenvalue weighted by Gasteiger charge is -2.14. The van der Waals surface area contributed by atoms with Crippen molar-refractivity contribution in [1.82, 2.24) is 15.0 Å². The molecule has 0 atom stereocenters. The number of rotatable bonds is 4. The van der Waals surface area contributed by atoms with Crippen molar-refractivity contribution >= 4 is 5.97 Å². The van der Waals surface area contributed by atoms with E-state index in [1.807, 2.05) is 0 Å². The number of benzene rings is 1. The Labute approximate surface area is 135 Å². The maximum absolute atomic E-state index is 12.8. The highest BCUT2D eigenvalue weighted by atomic mass is 19.4. The van der Waals surface area contributed by atoms with Crippen molar-refractivity contribution in [2.45, 2.75) is 18.9 Å². The summed E-state index contributed by atoms with van der Waals surface area (Å²) in [7, 11) is 1.06. The second-order valence-corrected chi connectivity index (χ2v) is 4.82. The standard InChI is InChI=1S/C13H9F6N3O3/c1-25-10-9(11(23)24)20-21-22(10)5-6-2-7(12(14,15)16)4-8(3-6)13(17,18)19/h2-4H,5H2,1H3,(H,23,24). The highest BCUT2D eigenvalue weighted by molar-refractivity contribution is 5.87. The van der Waals surface area contributed by atoms with Crippen molar-refractivity contribution in [1.29, 1.82) is 0 Å². The summed E-state index contributed by atoms with van der Waals surface area (Å²) in [6.45, 7) is -0.601. The van der Waals surface area contributed by atoms with Gasteiger partial charge in [-0.15, -0.1) is 5.10 Å². The number of carbonyl (C=O) groups is 1. The monoisotopic (exact) mass is 369 g/mol. The van der Waals surface area contributed by atoms with Crippen molar-refractivity contribution in [2.75, 3.05) is 7.11 Å². The molecule has 0 radical (unpaired) electrons. The maximum atomic E-state index is 12.8. The smallest absolute Gasteiger partial charge is 0.416 e. The van der Waals surface area contributed by atoms with Crippen LogP contribution in [0.2, 0.25) is 0 Å². The van der Waals surface area contributed by atoms with Crippen LogP contribution in [0.15, 0.2) is 18.2 Å². The van der Waals surface area contributed by atoms with Crippen molar-refractivity contribution in [2.24, 2.45) is 0 Å². The minimum absolute atomic E-state index is 0.00918. The van der Waals surface area contributed by atoms with Crippen LogP contribution in [-0.2, 0) is 18.9 Å². The van der Waals surface area contributed by atoms with E-state index in [-0.39, 0.29) is 6.07 Å². The molecule has 0 spiro atoms. The van der Waals surface area contributed by atoms with Crippen LogP contribution in [0.3, 0.4) is 0 Å². The number of hydrogen-bond acceptors (Lipinski definition) is 4. The first kappa shape index (κ1) is 18.5. The highest BCUT2D eigenvalue weighted by Crippen LogP contribution is 2.36. The lowest BCUT2D eigenvalue weighted by atomic mass is 10.0. The molecule has 0 saturated heterocycles. The molecule has 1 N–H and O–H groups in total. The van der Waals surface area contributed by atoms with E-state index in [2.05, 4.69) is 10.3 Å². The molecular formula is C13H9F6N3O3. The van der Waals surface area contributed by atoms with Crippen LogP contribution < -0.4 is 4.74 Å². The Morgan fingerprint density at radius 1 is 1.12 bits per heavy atom. The molecule has 0 aliphatic rings. The Morgan fingerprint density at radius 3 is 2.04 bits per heavy atom. The molecule has 0 bridgehead atoms. The van der Waals surface area contributed by atoms with Gasteiger partial charge in [0.25, 0.3) is 0 Å². The van der Waals surface area contributed by atoms with Gasteiger partial charge in [-0.2, -0.15) is 26.3 Å². The quantitative estimate of drug-likeness (QED) is 0.839. The molecule has 25 heavy (non-hydrogen) atoms. The van der Waals surface area contributed by atoms with Crippen LogP contribution >= 0.6 is 0 Å². The summed E-state index contributed by atoms with van der Waals surface area (Å²) in [4.78, 5) is 10.9. The Kier molecular flexibility index (Phi) is 4.64. The van der Waals surface area contributed by atoms with E-state index in [4.69, 9.17) is 9.84 Å². The molecule has 0 aliphatic carbocycles. The summed E-state index contributed by atoms with van der Waals surface area (Å²) in [5.41, 5.74) is -4.00.